The first-order valence-corrected chi connectivity index (χ1v) is 9.54. The average molecular weight is 371 g/mol. The molecule has 0 aliphatic heterocycles. The molecule has 1 fully saturated rings. The summed E-state index contributed by atoms with van der Waals surface area (Å²) >= 11 is 0. The third kappa shape index (κ3) is 4.10. The number of aromatic nitrogens is 2. The molecule has 1 N–H and O–H groups in total. The van der Waals surface area contributed by atoms with Crippen LogP contribution in [0.1, 0.15) is 46.0 Å². The molecule has 0 radical (unpaired) electrons. The SMILES string of the molecule is COc1ccc(-c2cnn(C(C)(C)C(=O)NC3CCCCC3)c2)cc1OC. The number of amides is 1. The Kier molecular flexibility index (Phi) is 5.73. The number of hydrogen-bond donors (Lipinski definition) is 1. The first kappa shape index (κ1) is 19.3. The van der Waals surface area contributed by atoms with Crippen LogP contribution in [0.2, 0.25) is 0 Å². The van der Waals surface area contributed by atoms with Crippen LogP contribution in [-0.4, -0.2) is 35.9 Å². The highest BCUT2D eigenvalue weighted by atomic mass is 16.5. The first-order valence-electron chi connectivity index (χ1n) is 9.54. The Bertz CT molecular complexity index is 792. The maximum Gasteiger partial charge on any atom is 0.247 e. The molecule has 0 saturated heterocycles. The molecule has 1 aliphatic rings. The molecule has 0 bridgehead atoms. The summed E-state index contributed by atoms with van der Waals surface area (Å²) in [6.45, 7) is 3.80. The third-order valence-electron chi connectivity index (χ3n) is 5.37. The number of carbonyl (C=O) groups is 1. The lowest BCUT2D eigenvalue weighted by Gasteiger charge is -2.29. The minimum Gasteiger partial charge on any atom is -0.493 e. The van der Waals surface area contributed by atoms with E-state index in [0.717, 1.165) is 24.0 Å². The maximum atomic E-state index is 12.9. The van der Waals surface area contributed by atoms with Gasteiger partial charge in [0.15, 0.2) is 11.5 Å². The molecule has 3 rings (SSSR count). The third-order valence-corrected chi connectivity index (χ3v) is 5.37. The van der Waals surface area contributed by atoms with Gasteiger partial charge in [-0.15, -0.1) is 0 Å². The molecule has 1 aromatic carbocycles. The summed E-state index contributed by atoms with van der Waals surface area (Å²) < 4.78 is 12.4. The molecule has 6 heteroatoms. The van der Waals surface area contributed by atoms with Gasteiger partial charge in [0.05, 0.1) is 20.4 Å². The normalized spacial score (nSPS) is 15.4. The Morgan fingerprint density at radius 2 is 1.81 bits per heavy atom. The van der Waals surface area contributed by atoms with Crippen molar-refractivity contribution in [2.75, 3.05) is 14.2 Å². The summed E-state index contributed by atoms with van der Waals surface area (Å²) in [5.74, 6) is 1.36. The summed E-state index contributed by atoms with van der Waals surface area (Å²) in [7, 11) is 3.23. The van der Waals surface area contributed by atoms with Crippen molar-refractivity contribution in [1.29, 1.82) is 0 Å². The van der Waals surface area contributed by atoms with Crippen LogP contribution in [0.4, 0.5) is 0 Å². The molecule has 27 heavy (non-hydrogen) atoms. The summed E-state index contributed by atoms with van der Waals surface area (Å²) in [5, 5.41) is 7.66. The standard InChI is InChI=1S/C21H29N3O3/c1-21(2,20(25)23-17-8-6-5-7-9-17)24-14-16(13-22-24)15-10-11-18(26-3)19(12-15)27-4/h10-14,17H,5-9H2,1-4H3,(H,23,25). The fourth-order valence-corrected chi connectivity index (χ4v) is 3.51. The molecule has 146 valence electrons. The van der Waals surface area contributed by atoms with Crippen molar-refractivity contribution < 1.29 is 14.3 Å². The molecule has 0 unspecified atom stereocenters. The van der Waals surface area contributed by atoms with E-state index in [1.807, 2.05) is 38.2 Å². The lowest BCUT2D eigenvalue weighted by molar-refractivity contribution is -0.129. The molecule has 1 aliphatic carbocycles. The van der Waals surface area contributed by atoms with Crippen molar-refractivity contribution in [3.63, 3.8) is 0 Å². The van der Waals surface area contributed by atoms with E-state index in [9.17, 15) is 4.79 Å². The van der Waals surface area contributed by atoms with Crippen molar-refractivity contribution in [3.8, 4) is 22.6 Å². The molecule has 0 spiro atoms. The van der Waals surface area contributed by atoms with Gasteiger partial charge in [-0.3, -0.25) is 9.48 Å². The zero-order valence-corrected chi connectivity index (χ0v) is 16.6. The number of methoxy groups -OCH3 is 2. The number of ether oxygens (including phenoxy) is 2. The summed E-state index contributed by atoms with van der Waals surface area (Å²) in [6.07, 6.45) is 9.46. The van der Waals surface area contributed by atoms with Gasteiger partial charge in [-0.25, -0.2) is 0 Å². The zero-order chi connectivity index (χ0) is 19.4. The smallest absolute Gasteiger partial charge is 0.247 e. The van der Waals surface area contributed by atoms with Gasteiger partial charge in [-0.05, 0) is 44.4 Å². The van der Waals surface area contributed by atoms with Gasteiger partial charge < -0.3 is 14.8 Å². The summed E-state index contributed by atoms with van der Waals surface area (Å²) in [6, 6.07) is 6.02. The fourth-order valence-electron chi connectivity index (χ4n) is 3.51. The van der Waals surface area contributed by atoms with Crippen LogP contribution in [0.15, 0.2) is 30.6 Å². The first-order chi connectivity index (χ1) is 13.0. The number of nitrogens with one attached hydrogen (secondary N) is 1. The Morgan fingerprint density at radius 1 is 1.11 bits per heavy atom. The molecular formula is C21H29N3O3. The molecule has 1 heterocycles. The van der Waals surface area contributed by atoms with Gasteiger partial charge in [0, 0.05) is 17.8 Å². The average Bonchev–Trinajstić information content (AvgIpc) is 3.19. The largest absolute Gasteiger partial charge is 0.493 e. The highest BCUT2D eigenvalue weighted by Crippen LogP contribution is 2.32. The van der Waals surface area contributed by atoms with Crippen molar-refractivity contribution in [1.82, 2.24) is 15.1 Å². The van der Waals surface area contributed by atoms with Crippen LogP contribution in [0.3, 0.4) is 0 Å². The van der Waals surface area contributed by atoms with Crippen molar-refractivity contribution in [2.24, 2.45) is 0 Å². The van der Waals surface area contributed by atoms with Gasteiger partial charge in [-0.2, -0.15) is 5.10 Å². The molecule has 1 saturated carbocycles. The highest BCUT2D eigenvalue weighted by molar-refractivity contribution is 5.84. The fraction of sp³-hybridized carbons (Fsp3) is 0.524. The molecule has 1 aromatic heterocycles. The van der Waals surface area contributed by atoms with Crippen LogP contribution >= 0.6 is 0 Å². The number of carbonyl (C=O) groups excluding carboxylic acids is 1. The predicted octanol–water partition coefficient (Wildman–Crippen LogP) is 3.75. The van der Waals surface area contributed by atoms with E-state index in [-0.39, 0.29) is 11.9 Å². The van der Waals surface area contributed by atoms with E-state index < -0.39 is 5.54 Å². The minimum absolute atomic E-state index is 0.0105. The quantitative estimate of drug-likeness (QED) is 0.840. The number of rotatable bonds is 6. The maximum absolute atomic E-state index is 12.9. The molecule has 0 atom stereocenters. The molecule has 2 aromatic rings. The van der Waals surface area contributed by atoms with E-state index >= 15 is 0 Å². The van der Waals surface area contributed by atoms with Gasteiger partial charge in [0.2, 0.25) is 5.91 Å². The second kappa shape index (κ2) is 8.03. The highest BCUT2D eigenvalue weighted by Gasteiger charge is 2.32. The Balaban J connectivity index is 1.78. The summed E-state index contributed by atoms with van der Waals surface area (Å²) in [4.78, 5) is 12.9. The van der Waals surface area contributed by atoms with Crippen LogP contribution in [0.5, 0.6) is 11.5 Å². The Hall–Kier alpha value is -2.50. The van der Waals surface area contributed by atoms with Gasteiger partial charge in [0.1, 0.15) is 5.54 Å². The van der Waals surface area contributed by atoms with E-state index in [2.05, 4.69) is 10.4 Å². The second-order valence-corrected chi connectivity index (χ2v) is 7.61. The van der Waals surface area contributed by atoms with Gasteiger partial charge in [0.25, 0.3) is 0 Å². The van der Waals surface area contributed by atoms with Crippen LogP contribution in [0.25, 0.3) is 11.1 Å². The Labute approximate surface area is 160 Å². The number of hydrogen-bond acceptors (Lipinski definition) is 4. The molecule has 6 nitrogen and oxygen atoms in total. The lowest BCUT2D eigenvalue weighted by Crippen LogP contribution is -2.49. The van der Waals surface area contributed by atoms with Crippen molar-refractivity contribution in [2.45, 2.75) is 57.5 Å². The number of benzene rings is 1. The van der Waals surface area contributed by atoms with Crippen LogP contribution in [0, 0.1) is 0 Å². The lowest BCUT2D eigenvalue weighted by atomic mass is 9.94. The summed E-state index contributed by atoms with van der Waals surface area (Å²) in [5.41, 5.74) is 1.13. The Morgan fingerprint density at radius 3 is 2.48 bits per heavy atom. The van der Waals surface area contributed by atoms with Gasteiger partial charge >= 0.3 is 0 Å². The van der Waals surface area contributed by atoms with E-state index in [4.69, 9.17) is 9.47 Å². The van der Waals surface area contributed by atoms with Gasteiger partial charge in [-0.1, -0.05) is 25.3 Å². The van der Waals surface area contributed by atoms with E-state index in [0.29, 0.717) is 11.5 Å². The van der Waals surface area contributed by atoms with Crippen LogP contribution < -0.4 is 14.8 Å². The predicted molar refractivity (Wildman–Crippen MR) is 105 cm³/mol. The minimum atomic E-state index is -0.758. The topological polar surface area (TPSA) is 65.4 Å². The van der Waals surface area contributed by atoms with Crippen LogP contribution in [-0.2, 0) is 10.3 Å². The number of nitrogens with zero attached hydrogens (tertiary/aromatic N) is 2. The van der Waals surface area contributed by atoms with Crippen molar-refractivity contribution >= 4 is 5.91 Å². The molecular weight excluding hydrogens is 342 g/mol. The molecule has 1 amide bonds. The monoisotopic (exact) mass is 371 g/mol. The van der Waals surface area contributed by atoms with E-state index in [1.54, 1.807) is 25.1 Å². The second-order valence-electron chi connectivity index (χ2n) is 7.61. The van der Waals surface area contributed by atoms with Crippen molar-refractivity contribution in [3.05, 3.63) is 30.6 Å². The van der Waals surface area contributed by atoms with E-state index in [1.165, 1.54) is 19.3 Å². The zero-order valence-electron chi connectivity index (χ0n) is 16.6.